The lowest BCUT2D eigenvalue weighted by Crippen LogP contribution is -2.06. The molecule has 1 aromatic carbocycles. The summed E-state index contributed by atoms with van der Waals surface area (Å²) < 4.78 is 1.72. The molecule has 2 heterocycles. The third-order valence-corrected chi connectivity index (χ3v) is 3.21. The largest absolute Gasteiger partial charge is 0.340 e. The zero-order valence-electron chi connectivity index (χ0n) is 11.7. The highest BCUT2D eigenvalue weighted by Crippen LogP contribution is 2.18. The lowest BCUT2D eigenvalue weighted by atomic mass is 10.3. The molecule has 0 aliphatic rings. The van der Waals surface area contributed by atoms with Gasteiger partial charge in [-0.2, -0.15) is 10.1 Å². The van der Waals surface area contributed by atoms with Crippen molar-refractivity contribution in [1.29, 1.82) is 0 Å². The predicted octanol–water partition coefficient (Wildman–Crippen LogP) is 3.68. The number of rotatable bonds is 3. The predicted molar refractivity (Wildman–Crippen MR) is 83.4 cm³/mol. The minimum atomic E-state index is 0.541. The summed E-state index contributed by atoms with van der Waals surface area (Å²) in [5, 5.41) is 8.30. The Morgan fingerprint density at radius 1 is 1.10 bits per heavy atom. The number of anilines is 2. The van der Waals surface area contributed by atoms with Gasteiger partial charge in [0.15, 0.2) is 0 Å². The van der Waals surface area contributed by atoms with Crippen molar-refractivity contribution in [2.75, 3.05) is 5.32 Å². The van der Waals surface area contributed by atoms with E-state index in [4.69, 9.17) is 11.6 Å². The van der Waals surface area contributed by atoms with Crippen molar-refractivity contribution in [3.63, 3.8) is 0 Å². The second kappa shape index (κ2) is 5.54. The molecule has 0 amide bonds. The van der Waals surface area contributed by atoms with E-state index < -0.39 is 0 Å². The summed E-state index contributed by atoms with van der Waals surface area (Å²) in [7, 11) is 0. The molecule has 3 rings (SSSR count). The van der Waals surface area contributed by atoms with Gasteiger partial charge in [0, 0.05) is 22.6 Å². The summed E-state index contributed by atoms with van der Waals surface area (Å²) in [6, 6.07) is 11.2. The van der Waals surface area contributed by atoms with Gasteiger partial charge in [-0.15, -0.1) is 0 Å². The van der Waals surface area contributed by atoms with Crippen molar-refractivity contribution >= 4 is 23.1 Å². The Hall–Kier alpha value is -2.40. The van der Waals surface area contributed by atoms with Crippen LogP contribution in [-0.4, -0.2) is 19.7 Å². The minimum absolute atomic E-state index is 0.541. The normalized spacial score (nSPS) is 10.6. The molecule has 5 nitrogen and oxygen atoms in total. The van der Waals surface area contributed by atoms with Gasteiger partial charge in [-0.25, -0.2) is 9.67 Å². The van der Waals surface area contributed by atoms with Crippen molar-refractivity contribution < 1.29 is 0 Å². The van der Waals surface area contributed by atoms with Gasteiger partial charge < -0.3 is 5.32 Å². The summed E-state index contributed by atoms with van der Waals surface area (Å²) in [4.78, 5) is 8.75. The molecule has 0 saturated carbocycles. The number of hydrogen-bond donors (Lipinski definition) is 1. The molecule has 0 fully saturated rings. The molecule has 0 aliphatic heterocycles. The number of nitrogens with zero attached hydrogens (tertiary/aromatic N) is 4. The first-order chi connectivity index (χ1) is 10.1. The molecule has 0 atom stereocenters. The van der Waals surface area contributed by atoms with Gasteiger partial charge in [-0.1, -0.05) is 11.6 Å². The average Bonchev–Trinajstić information content (AvgIpc) is 2.81. The van der Waals surface area contributed by atoms with Crippen LogP contribution in [0.25, 0.3) is 5.95 Å². The van der Waals surface area contributed by atoms with Crippen LogP contribution in [0.5, 0.6) is 0 Å². The molecule has 21 heavy (non-hydrogen) atoms. The molecule has 0 spiro atoms. The van der Waals surface area contributed by atoms with E-state index in [1.807, 2.05) is 50.2 Å². The van der Waals surface area contributed by atoms with E-state index in [-0.39, 0.29) is 0 Å². The van der Waals surface area contributed by atoms with Gasteiger partial charge in [-0.05, 0) is 50.2 Å². The summed E-state index contributed by atoms with van der Waals surface area (Å²) >= 11 is 5.87. The summed E-state index contributed by atoms with van der Waals surface area (Å²) in [6.07, 6.45) is 1.71. The molecule has 0 saturated heterocycles. The number of aryl methyl sites for hydroxylation is 2. The first-order valence-electron chi connectivity index (χ1n) is 6.51. The SMILES string of the molecule is Cc1cc(C)n(-c2nccc(Nc3ccc(Cl)cc3)n2)n1. The fourth-order valence-corrected chi connectivity index (χ4v) is 2.16. The first kappa shape index (κ1) is 13.6. The summed E-state index contributed by atoms with van der Waals surface area (Å²) in [6.45, 7) is 3.92. The van der Waals surface area contributed by atoms with Crippen molar-refractivity contribution in [1.82, 2.24) is 19.7 Å². The maximum atomic E-state index is 5.87. The smallest absolute Gasteiger partial charge is 0.252 e. The topological polar surface area (TPSA) is 55.6 Å². The molecule has 2 aromatic heterocycles. The maximum absolute atomic E-state index is 5.87. The first-order valence-corrected chi connectivity index (χ1v) is 6.89. The third-order valence-electron chi connectivity index (χ3n) is 2.96. The Morgan fingerprint density at radius 3 is 2.52 bits per heavy atom. The highest BCUT2D eigenvalue weighted by Gasteiger charge is 2.07. The molecular formula is C15H14ClN5. The lowest BCUT2D eigenvalue weighted by Gasteiger charge is -2.07. The van der Waals surface area contributed by atoms with Gasteiger partial charge in [0.2, 0.25) is 0 Å². The van der Waals surface area contributed by atoms with E-state index >= 15 is 0 Å². The van der Waals surface area contributed by atoms with Crippen LogP contribution in [0.15, 0.2) is 42.6 Å². The Bertz CT molecular complexity index is 764. The van der Waals surface area contributed by atoms with Crippen molar-refractivity contribution in [2.45, 2.75) is 13.8 Å². The molecule has 6 heteroatoms. The number of aromatic nitrogens is 4. The van der Waals surface area contributed by atoms with Gasteiger partial charge in [0.1, 0.15) is 5.82 Å². The van der Waals surface area contributed by atoms with E-state index in [0.717, 1.165) is 17.1 Å². The van der Waals surface area contributed by atoms with Crippen molar-refractivity contribution in [2.24, 2.45) is 0 Å². The molecule has 0 aliphatic carbocycles. The Kier molecular flexibility index (Phi) is 3.58. The quantitative estimate of drug-likeness (QED) is 0.801. The zero-order valence-corrected chi connectivity index (χ0v) is 12.5. The maximum Gasteiger partial charge on any atom is 0.252 e. The molecule has 3 aromatic rings. The molecule has 106 valence electrons. The molecule has 0 unspecified atom stereocenters. The second-order valence-corrected chi connectivity index (χ2v) is 5.15. The standard InChI is InChI=1S/C15H14ClN5/c1-10-9-11(2)21(20-10)15-17-8-7-14(19-15)18-13-5-3-12(16)4-6-13/h3-9H,1-2H3,(H,17,18,19). The minimum Gasteiger partial charge on any atom is -0.340 e. The van der Waals surface area contributed by atoms with Crippen LogP contribution < -0.4 is 5.32 Å². The summed E-state index contributed by atoms with van der Waals surface area (Å²) in [5.41, 5.74) is 2.85. The monoisotopic (exact) mass is 299 g/mol. The number of hydrogen-bond acceptors (Lipinski definition) is 4. The second-order valence-electron chi connectivity index (χ2n) is 4.71. The highest BCUT2D eigenvalue weighted by atomic mass is 35.5. The van der Waals surface area contributed by atoms with E-state index in [0.29, 0.717) is 16.8 Å². The fourth-order valence-electron chi connectivity index (χ4n) is 2.03. The molecule has 0 radical (unpaired) electrons. The number of benzene rings is 1. The molecule has 1 N–H and O–H groups in total. The van der Waals surface area contributed by atoms with Crippen LogP contribution in [0.4, 0.5) is 11.5 Å². The number of nitrogens with one attached hydrogen (secondary N) is 1. The van der Waals surface area contributed by atoms with Crippen LogP contribution >= 0.6 is 11.6 Å². The average molecular weight is 300 g/mol. The van der Waals surface area contributed by atoms with E-state index in [1.54, 1.807) is 10.9 Å². The van der Waals surface area contributed by atoms with Gasteiger partial charge in [-0.3, -0.25) is 0 Å². The van der Waals surface area contributed by atoms with Crippen LogP contribution in [0.3, 0.4) is 0 Å². The fraction of sp³-hybridized carbons (Fsp3) is 0.133. The van der Waals surface area contributed by atoms with Gasteiger partial charge in [0.05, 0.1) is 5.69 Å². The molecular weight excluding hydrogens is 286 g/mol. The van der Waals surface area contributed by atoms with E-state index in [9.17, 15) is 0 Å². The van der Waals surface area contributed by atoms with E-state index in [1.165, 1.54) is 0 Å². The van der Waals surface area contributed by atoms with Gasteiger partial charge >= 0.3 is 0 Å². The van der Waals surface area contributed by atoms with Crippen molar-refractivity contribution in [3.8, 4) is 5.95 Å². The Balaban J connectivity index is 1.89. The summed E-state index contributed by atoms with van der Waals surface area (Å²) in [5.74, 6) is 1.24. The van der Waals surface area contributed by atoms with Crippen LogP contribution in [0.2, 0.25) is 5.02 Å². The third kappa shape index (κ3) is 3.03. The van der Waals surface area contributed by atoms with Crippen LogP contribution in [0, 0.1) is 13.8 Å². The zero-order chi connectivity index (χ0) is 14.8. The highest BCUT2D eigenvalue weighted by molar-refractivity contribution is 6.30. The van der Waals surface area contributed by atoms with Gasteiger partial charge in [0.25, 0.3) is 5.95 Å². The number of halogens is 1. The van der Waals surface area contributed by atoms with Crippen molar-refractivity contribution in [3.05, 3.63) is 59.0 Å². The lowest BCUT2D eigenvalue weighted by molar-refractivity contribution is 0.775. The van der Waals surface area contributed by atoms with Crippen LogP contribution in [0.1, 0.15) is 11.4 Å². The molecule has 0 bridgehead atoms. The Morgan fingerprint density at radius 2 is 1.86 bits per heavy atom. The van der Waals surface area contributed by atoms with E-state index in [2.05, 4.69) is 20.4 Å². The van der Waals surface area contributed by atoms with Crippen LogP contribution in [-0.2, 0) is 0 Å². The Labute approximate surface area is 127 Å².